The molecule has 3 nitrogen and oxygen atoms in total. The highest BCUT2D eigenvalue weighted by molar-refractivity contribution is 5.92. The number of furan rings is 1. The van der Waals surface area contributed by atoms with Crippen LogP contribution in [0.5, 0.6) is 0 Å². The van der Waals surface area contributed by atoms with Gasteiger partial charge < -0.3 is 9.73 Å². The number of hydrogen-bond acceptors (Lipinski definition) is 2. The molecule has 1 N–H and O–H groups in total. The fraction of sp³-hybridized carbons (Fsp3) is 0.250. The first-order valence-corrected chi connectivity index (χ1v) is 4.99. The monoisotopic (exact) mass is 203 g/mol. The maximum Gasteiger partial charge on any atom is 0.291 e. The van der Waals surface area contributed by atoms with Crippen LogP contribution in [-0.2, 0) is 0 Å². The Bertz CT molecular complexity index is 401. The summed E-state index contributed by atoms with van der Waals surface area (Å²) in [4.78, 5) is 11.6. The van der Waals surface area contributed by atoms with Crippen molar-refractivity contribution in [1.82, 2.24) is 5.32 Å². The fourth-order valence-electron chi connectivity index (χ4n) is 1.42. The van der Waals surface area contributed by atoms with Crippen LogP contribution in [0.4, 0.5) is 0 Å². The van der Waals surface area contributed by atoms with E-state index >= 15 is 0 Å². The zero-order valence-corrected chi connectivity index (χ0v) is 8.57. The molecular formula is C12H13NO2. The summed E-state index contributed by atoms with van der Waals surface area (Å²) in [5, 5.41) is 2.78. The first-order chi connectivity index (χ1) is 7.25. The van der Waals surface area contributed by atoms with Crippen LogP contribution in [0.25, 0.3) is 0 Å². The van der Waals surface area contributed by atoms with Gasteiger partial charge in [0.15, 0.2) is 5.76 Å². The molecule has 2 rings (SSSR count). The molecule has 0 fully saturated rings. The van der Waals surface area contributed by atoms with Crippen molar-refractivity contribution < 1.29 is 9.21 Å². The highest BCUT2D eigenvalue weighted by Gasteiger charge is 2.10. The fourth-order valence-corrected chi connectivity index (χ4v) is 1.42. The van der Waals surface area contributed by atoms with Gasteiger partial charge in [0.25, 0.3) is 5.91 Å². The molecule has 0 aromatic carbocycles. The van der Waals surface area contributed by atoms with Crippen molar-refractivity contribution in [3.8, 4) is 0 Å². The van der Waals surface area contributed by atoms with Crippen LogP contribution in [0.2, 0.25) is 0 Å². The molecule has 0 saturated carbocycles. The van der Waals surface area contributed by atoms with Crippen molar-refractivity contribution in [1.29, 1.82) is 0 Å². The van der Waals surface area contributed by atoms with Gasteiger partial charge in [0.05, 0.1) is 6.26 Å². The average molecular weight is 203 g/mol. The summed E-state index contributed by atoms with van der Waals surface area (Å²) in [5.41, 5.74) is 0.842. The van der Waals surface area contributed by atoms with Crippen LogP contribution in [0, 0.1) is 5.92 Å². The first kappa shape index (κ1) is 9.77. The summed E-state index contributed by atoms with van der Waals surface area (Å²) in [6, 6.07) is 3.34. The van der Waals surface area contributed by atoms with Gasteiger partial charge in [0.1, 0.15) is 0 Å². The van der Waals surface area contributed by atoms with Crippen molar-refractivity contribution in [3.63, 3.8) is 0 Å². The van der Waals surface area contributed by atoms with Gasteiger partial charge in [-0.15, -0.1) is 0 Å². The van der Waals surface area contributed by atoms with E-state index in [1.807, 2.05) is 12.2 Å². The molecule has 1 atom stereocenters. The quantitative estimate of drug-likeness (QED) is 0.802. The third kappa shape index (κ3) is 2.37. The molecule has 1 aliphatic carbocycles. The second kappa shape index (κ2) is 4.17. The van der Waals surface area contributed by atoms with E-state index in [2.05, 4.69) is 18.3 Å². The van der Waals surface area contributed by atoms with Crippen LogP contribution < -0.4 is 5.32 Å². The van der Waals surface area contributed by atoms with E-state index < -0.39 is 0 Å². The van der Waals surface area contributed by atoms with Crippen LogP contribution in [0.1, 0.15) is 23.9 Å². The van der Waals surface area contributed by atoms with Crippen molar-refractivity contribution in [2.75, 3.05) is 0 Å². The minimum atomic E-state index is -0.203. The maximum atomic E-state index is 11.6. The molecule has 0 radical (unpaired) electrons. The summed E-state index contributed by atoms with van der Waals surface area (Å²) in [6.07, 6.45) is 8.48. The summed E-state index contributed by atoms with van der Waals surface area (Å²) in [6.45, 7) is 2.14. The topological polar surface area (TPSA) is 42.2 Å². The normalized spacial score (nSPS) is 19.8. The molecule has 1 aliphatic rings. The van der Waals surface area contributed by atoms with E-state index in [1.54, 1.807) is 12.1 Å². The SMILES string of the molecule is CC1C=CC(NC(=O)c2ccco2)=CC1. The standard InChI is InChI=1S/C12H13NO2/c1-9-4-6-10(7-5-9)13-12(14)11-3-2-8-15-11/h2-4,6-9H,5H2,1H3,(H,13,14). The average Bonchev–Trinajstić information content (AvgIpc) is 2.74. The summed E-state index contributed by atoms with van der Waals surface area (Å²) in [7, 11) is 0. The zero-order valence-electron chi connectivity index (χ0n) is 8.57. The Morgan fingerprint density at radius 1 is 1.60 bits per heavy atom. The second-order valence-electron chi connectivity index (χ2n) is 3.66. The number of nitrogens with one attached hydrogen (secondary N) is 1. The summed E-state index contributed by atoms with van der Waals surface area (Å²) in [5.74, 6) is 0.683. The lowest BCUT2D eigenvalue weighted by molar-refractivity contribution is 0.0939. The Labute approximate surface area is 88.5 Å². The highest BCUT2D eigenvalue weighted by Crippen LogP contribution is 2.14. The Hall–Kier alpha value is -1.77. The van der Waals surface area contributed by atoms with Gasteiger partial charge >= 0.3 is 0 Å². The smallest absolute Gasteiger partial charge is 0.291 e. The predicted molar refractivity (Wildman–Crippen MR) is 57.2 cm³/mol. The van der Waals surface area contributed by atoms with Gasteiger partial charge in [-0.05, 0) is 30.5 Å². The van der Waals surface area contributed by atoms with Gasteiger partial charge in [-0.25, -0.2) is 0 Å². The van der Waals surface area contributed by atoms with Gasteiger partial charge in [0.2, 0.25) is 0 Å². The van der Waals surface area contributed by atoms with E-state index in [1.165, 1.54) is 6.26 Å². The molecule has 1 amide bonds. The van der Waals surface area contributed by atoms with Crippen LogP contribution in [-0.4, -0.2) is 5.91 Å². The van der Waals surface area contributed by atoms with E-state index in [0.717, 1.165) is 12.1 Å². The number of hydrogen-bond donors (Lipinski definition) is 1. The number of rotatable bonds is 2. The molecule has 0 bridgehead atoms. The molecule has 3 heteroatoms. The summed E-state index contributed by atoms with van der Waals surface area (Å²) >= 11 is 0. The molecule has 0 spiro atoms. The lowest BCUT2D eigenvalue weighted by atomic mass is 10.0. The number of amides is 1. The minimum Gasteiger partial charge on any atom is -0.459 e. The third-order valence-corrected chi connectivity index (χ3v) is 2.32. The second-order valence-corrected chi connectivity index (χ2v) is 3.66. The van der Waals surface area contributed by atoms with E-state index in [4.69, 9.17) is 4.42 Å². The van der Waals surface area contributed by atoms with E-state index in [9.17, 15) is 4.79 Å². The van der Waals surface area contributed by atoms with Crippen molar-refractivity contribution in [2.45, 2.75) is 13.3 Å². The lowest BCUT2D eigenvalue weighted by Gasteiger charge is -2.11. The molecular weight excluding hydrogens is 190 g/mol. The Morgan fingerprint density at radius 2 is 2.47 bits per heavy atom. The number of carbonyl (C=O) groups is 1. The molecule has 0 saturated heterocycles. The van der Waals surface area contributed by atoms with Gasteiger partial charge in [-0.2, -0.15) is 0 Å². The Morgan fingerprint density at radius 3 is 3.07 bits per heavy atom. The van der Waals surface area contributed by atoms with Gasteiger partial charge in [-0.3, -0.25) is 4.79 Å². The van der Waals surface area contributed by atoms with Gasteiger partial charge in [0, 0.05) is 5.70 Å². The van der Waals surface area contributed by atoms with Crippen LogP contribution in [0.3, 0.4) is 0 Å². The zero-order chi connectivity index (χ0) is 10.7. The van der Waals surface area contributed by atoms with Crippen molar-refractivity contribution in [2.24, 2.45) is 5.92 Å². The largest absolute Gasteiger partial charge is 0.459 e. The number of allylic oxidation sites excluding steroid dienone is 3. The molecule has 1 aromatic heterocycles. The van der Waals surface area contributed by atoms with Crippen molar-refractivity contribution >= 4 is 5.91 Å². The Balaban J connectivity index is 1.99. The first-order valence-electron chi connectivity index (χ1n) is 4.99. The molecule has 15 heavy (non-hydrogen) atoms. The number of carbonyl (C=O) groups excluding carboxylic acids is 1. The van der Waals surface area contributed by atoms with E-state index in [-0.39, 0.29) is 5.91 Å². The minimum absolute atomic E-state index is 0.203. The van der Waals surface area contributed by atoms with Crippen molar-refractivity contribution in [3.05, 3.63) is 48.1 Å². The molecule has 1 unspecified atom stereocenters. The summed E-state index contributed by atoms with van der Waals surface area (Å²) < 4.78 is 4.99. The van der Waals surface area contributed by atoms with Gasteiger partial charge in [-0.1, -0.05) is 19.1 Å². The Kier molecular flexibility index (Phi) is 2.72. The molecule has 1 heterocycles. The molecule has 1 aromatic rings. The van der Waals surface area contributed by atoms with Crippen LogP contribution >= 0.6 is 0 Å². The molecule has 0 aliphatic heterocycles. The van der Waals surface area contributed by atoms with E-state index in [0.29, 0.717) is 11.7 Å². The maximum absolute atomic E-state index is 11.6. The highest BCUT2D eigenvalue weighted by atomic mass is 16.3. The predicted octanol–water partition coefficient (Wildman–Crippen LogP) is 2.49. The molecule has 78 valence electrons. The third-order valence-electron chi connectivity index (χ3n) is 2.32. The lowest BCUT2D eigenvalue weighted by Crippen LogP contribution is -2.22. The van der Waals surface area contributed by atoms with Crippen LogP contribution in [0.15, 0.2) is 46.7 Å².